The minimum Gasteiger partial charge on any atom is -0.289 e. The maximum Gasteiger partial charge on any atom is 0.193 e. The van der Waals surface area contributed by atoms with Crippen LogP contribution in [0.5, 0.6) is 0 Å². The highest BCUT2D eigenvalue weighted by Gasteiger charge is 2.08. The zero-order valence-electron chi connectivity index (χ0n) is 8.91. The zero-order chi connectivity index (χ0) is 11.5. The van der Waals surface area contributed by atoms with Gasteiger partial charge in [0.15, 0.2) is 5.78 Å². The molecule has 2 aromatic rings. The average Bonchev–Trinajstić information content (AvgIpc) is 2.30. The molecule has 0 saturated carbocycles. The SMILES string of the molecule is Cc1ccc(C(=O)c2ccc(F)cc2)cc1. The number of benzene rings is 2. The Morgan fingerprint density at radius 1 is 0.875 bits per heavy atom. The van der Waals surface area contributed by atoms with Crippen LogP contribution >= 0.6 is 0 Å². The minimum atomic E-state index is -0.333. The largest absolute Gasteiger partial charge is 0.289 e. The number of carbonyl (C=O) groups is 1. The van der Waals surface area contributed by atoms with Gasteiger partial charge in [0.1, 0.15) is 5.82 Å². The molecule has 0 N–H and O–H groups in total. The fourth-order valence-electron chi connectivity index (χ4n) is 1.47. The molecule has 0 amide bonds. The Morgan fingerprint density at radius 2 is 1.31 bits per heavy atom. The first-order valence-corrected chi connectivity index (χ1v) is 5.04. The predicted octanol–water partition coefficient (Wildman–Crippen LogP) is 3.37. The minimum absolute atomic E-state index is 0.0833. The number of ketones is 1. The number of hydrogen-bond donors (Lipinski definition) is 0. The van der Waals surface area contributed by atoms with Crippen molar-refractivity contribution in [1.29, 1.82) is 0 Å². The zero-order valence-corrected chi connectivity index (χ0v) is 8.91. The second-order valence-corrected chi connectivity index (χ2v) is 3.70. The van der Waals surface area contributed by atoms with Crippen LogP contribution in [0.4, 0.5) is 4.39 Å². The highest BCUT2D eigenvalue weighted by atomic mass is 19.1. The topological polar surface area (TPSA) is 17.1 Å². The van der Waals surface area contributed by atoms with Crippen LogP contribution in [0.2, 0.25) is 0 Å². The van der Waals surface area contributed by atoms with Gasteiger partial charge in [0, 0.05) is 11.1 Å². The van der Waals surface area contributed by atoms with Crippen LogP contribution in [-0.4, -0.2) is 5.78 Å². The summed E-state index contributed by atoms with van der Waals surface area (Å²) in [4.78, 5) is 11.9. The second kappa shape index (κ2) is 4.27. The summed E-state index contributed by atoms with van der Waals surface area (Å²) in [6.45, 7) is 1.96. The fraction of sp³-hybridized carbons (Fsp3) is 0.0714. The van der Waals surface area contributed by atoms with Gasteiger partial charge in [-0.3, -0.25) is 4.79 Å². The van der Waals surface area contributed by atoms with Gasteiger partial charge in [-0.1, -0.05) is 29.8 Å². The number of aryl methyl sites for hydroxylation is 1. The number of rotatable bonds is 2. The molecule has 0 unspecified atom stereocenters. The molecule has 16 heavy (non-hydrogen) atoms. The van der Waals surface area contributed by atoms with Gasteiger partial charge in [0.25, 0.3) is 0 Å². The highest BCUT2D eigenvalue weighted by molar-refractivity contribution is 6.08. The molecule has 0 aliphatic rings. The van der Waals surface area contributed by atoms with Crippen molar-refractivity contribution in [2.75, 3.05) is 0 Å². The van der Waals surface area contributed by atoms with E-state index in [1.165, 1.54) is 24.3 Å². The monoisotopic (exact) mass is 214 g/mol. The summed E-state index contributed by atoms with van der Waals surface area (Å²) in [5.41, 5.74) is 2.23. The molecule has 0 aliphatic heterocycles. The van der Waals surface area contributed by atoms with Crippen LogP contribution in [0.25, 0.3) is 0 Å². The predicted molar refractivity (Wildman–Crippen MR) is 61.0 cm³/mol. The molecule has 2 heteroatoms. The van der Waals surface area contributed by atoms with Crippen molar-refractivity contribution in [3.8, 4) is 0 Å². The summed E-state index contributed by atoms with van der Waals surface area (Å²) >= 11 is 0. The quantitative estimate of drug-likeness (QED) is 0.700. The van der Waals surface area contributed by atoms with Gasteiger partial charge in [-0.2, -0.15) is 0 Å². The summed E-state index contributed by atoms with van der Waals surface area (Å²) in [7, 11) is 0. The van der Waals surface area contributed by atoms with E-state index in [-0.39, 0.29) is 11.6 Å². The first kappa shape index (κ1) is 10.6. The molecule has 1 nitrogen and oxygen atoms in total. The standard InChI is InChI=1S/C14H11FO/c1-10-2-4-11(5-3-10)14(16)12-6-8-13(15)9-7-12/h2-9H,1H3. The lowest BCUT2D eigenvalue weighted by atomic mass is 10.0. The van der Waals surface area contributed by atoms with Crippen LogP contribution in [0.1, 0.15) is 21.5 Å². The van der Waals surface area contributed by atoms with Crippen molar-refractivity contribution in [1.82, 2.24) is 0 Å². The molecular formula is C14H11FO. The Hall–Kier alpha value is -1.96. The first-order chi connectivity index (χ1) is 7.66. The van der Waals surface area contributed by atoms with E-state index in [2.05, 4.69) is 0 Å². The number of hydrogen-bond acceptors (Lipinski definition) is 1. The molecule has 80 valence electrons. The molecule has 0 saturated heterocycles. The van der Waals surface area contributed by atoms with E-state index in [4.69, 9.17) is 0 Å². The molecule has 2 aromatic carbocycles. The van der Waals surface area contributed by atoms with E-state index >= 15 is 0 Å². The van der Waals surface area contributed by atoms with Crippen molar-refractivity contribution >= 4 is 5.78 Å². The van der Waals surface area contributed by atoms with Crippen LogP contribution in [0.15, 0.2) is 48.5 Å². The van der Waals surface area contributed by atoms with Crippen LogP contribution in [-0.2, 0) is 0 Å². The number of halogens is 1. The van der Waals surface area contributed by atoms with Gasteiger partial charge in [0.05, 0.1) is 0 Å². The second-order valence-electron chi connectivity index (χ2n) is 3.70. The molecule has 2 rings (SSSR count). The Labute approximate surface area is 93.5 Å². The van der Waals surface area contributed by atoms with Crippen molar-refractivity contribution in [2.45, 2.75) is 6.92 Å². The maximum absolute atomic E-state index is 12.7. The normalized spacial score (nSPS) is 10.1. The smallest absolute Gasteiger partial charge is 0.193 e. The molecule has 0 heterocycles. The Bertz CT molecular complexity index is 450. The van der Waals surface area contributed by atoms with Crippen molar-refractivity contribution in [3.63, 3.8) is 0 Å². The van der Waals surface area contributed by atoms with Gasteiger partial charge in [-0.05, 0) is 31.2 Å². The van der Waals surface area contributed by atoms with E-state index in [1.807, 2.05) is 19.1 Å². The molecule has 0 aromatic heterocycles. The lowest BCUT2D eigenvalue weighted by Gasteiger charge is -2.01. The van der Waals surface area contributed by atoms with Gasteiger partial charge in [-0.15, -0.1) is 0 Å². The van der Waals surface area contributed by atoms with Gasteiger partial charge < -0.3 is 0 Å². The number of carbonyl (C=O) groups excluding carboxylic acids is 1. The summed E-state index contributed by atoms with van der Waals surface area (Å²) in [5, 5.41) is 0. The molecule has 0 spiro atoms. The van der Waals surface area contributed by atoms with E-state index < -0.39 is 0 Å². The van der Waals surface area contributed by atoms with Crippen LogP contribution in [0.3, 0.4) is 0 Å². The fourth-order valence-corrected chi connectivity index (χ4v) is 1.47. The van der Waals surface area contributed by atoms with E-state index in [0.29, 0.717) is 11.1 Å². The van der Waals surface area contributed by atoms with E-state index in [0.717, 1.165) is 5.56 Å². The van der Waals surface area contributed by atoms with E-state index in [9.17, 15) is 9.18 Å². The molecule has 0 radical (unpaired) electrons. The highest BCUT2D eigenvalue weighted by Crippen LogP contribution is 2.11. The van der Waals surface area contributed by atoms with E-state index in [1.54, 1.807) is 12.1 Å². The Balaban J connectivity index is 2.32. The molecule has 0 aliphatic carbocycles. The maximum atomic E-state index is 12.7. The van der Waals surface area contributed by atoms with Gasteiger partial charge >= 0.3 is 0 Å². The summed E-state index contributed by atoms with van der Waals surface area (Å²) < 4.78 is 12.7. The third kappa shape index (κ3) is 2.16. The summed E-state index contributed by atoms with van der Waals surface area (Å²) in [6, 6.07) is 12.9. The first-order valence-electron chi connectivity index (χ1n) is 5.04. The average molecular weight is 214 g/mol. The van der Waals surface area contributed by atoms with Crippen LogP contribution < -0.4 is 0 Å². The van der Waals surface area contributed by atoms with Gasteiger partial charge in [-0.25, -0.2) is 4.39 Å². The lowest BCUT2D eigenvalue weighted by molar-refractivity contribution is 0.103. The molecular weight excluding hydrogens is 203 g/mol. The third-order valence-corrected chi connectivity index (χ3v) is 2.42. The molecule has 0 bridgehead atoms. The van der Waals surface area contributed by atoms with Gasteiger partial charge in [0.2, 0.25) is 0 Å². The summed E-state index contributed by atoms with van der Waals surface area (Å²) in [5.74, 6) is -0.416. The third-order valence-electron chi connectivity index (χ3n) is 2.42. The molecule has 0 atom stereocenters. The van der Waals surface area contributed by atoms with Crippen molar-refractivity contribution in [3.05, 3.63) is 71.0 Å². The summed E-state index contributed by atoms with van der Waals surface area (Å²) in [6.07, 6.45) is 0. The Morgan fingerprint density at radius 3 is 1.81 bits per heavy atom. The molecule has 0 fully saturated rings. The van der Waals surface area contributed by atoms with Crippen molar-refractivity contribution in [2.24, 2.45) is 0 Å². The lowest BCUT2D eigenvalue weighted by Crippen LogP contribution is -2.00. The van der Waals surface area contributed by atoms with Crippen molar-refractivity contribution < 1.29 is 9.18 Å². The Kier molecular flexibility index (Phi) is 2.82. The van der Waals surface area contributed by atoms with Crippen LogP contribution in [0, 0.1) is 12.7 Å².